The Morgan fingerprint density at radius 3 is 1.68 bits per heavy atom. The van der Waals surface area contributed by atoms with Crippen molar-refractivity contribution < 1.29 is 0 Å². The number of rotatable bonds is 8. The van der Waals surface area contributed by atoms with Crippen LogP contribution < -0.4 is 0 Å². The van der Waals surface area contributed by atoms with E-state index in [1.165, 1.54) is 45.1 Å². The van der Waals surface area contributed by atoms with Crippen molar-refractivity contribution in [2.75, 3.05) is 6.54 Å². The molecule has 0 aliphatic heterocycles. The number of nitrogens with zero attached hydrogens (tertiary/aromatic N) is 1. The highest BCUT2D eigenvalue weighted by molar-refractivity contribution is 5.03. The first kappa shape index (κ1) is 15.4. The van der Waals surface area contributed by atoms with Gasteiger partial charge in [-0.05, 0) is 62.2 Å². The van der Waals surface area contributed by atoms with Gasteiger partial charge in [0.25, 0.3) is 0 Å². The predicted molar refractivity (Wildman–Crippen MR) is 84.4 cm³/mol. The van der Waals surface area contributed by atoms with Crippen molar-refractivity contribution in [2.45, 2.75) is 91.6 Å². The predicted octanol–water partition coefficient (Wildman–Crippen LogP) is 5.10. The molecule has 0 heterocycles. The second-order valence-electron chi connectivity index (χ2n) is 7.59. The van der Waals surface area contributed by atoms with E-state index in [2.05, 4.69) is 39.5 Å². The van der Waals surface area contributed by atoms with Gasteiger partial charge >= 0.3 is 0 Å². The van der Waals surface area contributed by atoms with Crippen LogP contribution in [-0.2, 0) is 0 Å². The van der Waals surface area contributed by atoms with Gasteiger partial charge in [0.1, 0.15) is 0 Å². The van der Waals surface area contributed by atoms with E-state index in [1.807, 2.05) is 0 Å². The minimum absolute atomic E-state index is 0.624. The monoisotopic (exact) mass is 265 g/mol. The second-order valence-corrected chi connectivity index (χ2v) is 7.59. The molecule has 19 heavy (non-hydrogen) atoms. The fourth-order valence-electron chi connectivity index (χ4n) is 4.80. The number of hydrogen-bond acceptors (Lipinski definition) is 1. The van der Waals surface area contributed by atoms with Gasteiger partial charge in [0.05, 0.1) is 0 Å². The zero-order valence-corrected chi connectivity index (χ0v) is 13.9. The molecule has 112 valence electrons. The van der Waals surface area contributed by atoms with Crippen molar-refractivity contribution in [1.29, 1.82) is 0 Å². The highest BCUT2D eigenvalue weighted by Gasteiger charge is 2.52. The fourth-order valence-corrected chi connectivity index (χ4v) is 4.80. The van der Waals surface area contributed by atoms with Crippen LogP contribution in [0.1, 0.15) is 79.6 Å². The molecule has 1 heteroatoms. The molecule has 3 atom stereocenters. The minimum atomic E-state index is 0.624. The van der Waals surface area contributed by atoms with Crippen LogP contribution in [0.3, 0.4) is 0 Å². The summed E-state index contributed by atoms with van der Waals surface area (Å²) in [5.74, 6) is 2.21. The Labute approximate surface area is 121 Å². The summed E-state index contributed by atoms with van der Waals surface area (Å²) in [6.07, 6.45) is 9.83. The molecule has 2 aliphatic rings. The van der Waals surface area contributed by atoms with E-state index in [0.29, 0.717) is 5.41 Å². The van der Waals surface area contributed by atoms with E-state index in [9.17, 15) is 0 Å². The molecule has 2 unspecified atom stereocenters. The highest BCUT2D eigenvalue weighted by Crippen LogP contribution is 2.60. The lowest BCUT2D eigenvalue weighted by Crippen LogP contribution is -2.47. The smallest absolute Gasteiger partial charge is 0.00931 e. The summed E-state index contributed by atoms with van der Waals surface area (Å²) in [7, 11) is 0. The zero-order valence-electron chi connectivity index (χ0n) is 13.9. The van der Waals surface area contributed by atoms with E-state index < -0.39 is 0 Å². The molecular formula is C18H35N. The summed E-state index contributed by atoms with van der Waals surface area (Å²) in [6.45, 7) is 13.4. The molecule has 0 aromatic carbocycles. The first-order valence-electron chi connectivity index (χ1n) is 8.82. The molecule has 0 bridgehead atoms. The average molecular weight is 265 g/mol. The second kappa shape index (κ2) is 6.16. The Morgan fingerprint density at radius 2 is 1.32 bits per heavy atom. The molecule has 2 fully saturated rings. The molecule has 0 spiro atoms. The molecule has 0 saturated heterocycles. The van der Waals surface area contributed by atoms with Gasteiger partial charge in [-0.1, -0.05) is 34.6 Å². The maximum Gasteiger partial charge on any atom is 0.00931 e. The summed E-state index contributed by atoms with van der Waals surface area (Å²) in [5.41, 5.74) is 0.624. The Bertz CT molecular complexity index is 255. The van der Waals surface area contributed by atoms with Gasteiger partial charge in [0.15, 0.2) is 0 Å². The molecule has 0 aromatic heterocycles. The normalized spacial score (nSPS) is 33.5. The molecule has 1 nitrogen and oxygen atoms in total. The third-order valence-corrected chi connectivity index (χ3v) is 5.97. The van der Waals surface area contributed by atoms with E-state index in [4.69, 9.17) is 0 Å². The third kappa shape index (κ3) is 3.35. The summed E-state index contributed by atoms with van der Waals surface area (Å²) in [6, 6.07) is 1.61. The standard InChI is InChI=1S/C18H35N/c1-6-16(7-2)19(17(8-3)9-4)13-18(5)11-14-10-15(14)12-18/h14-17H,6-13H2,1-5H3/t14-,15?,18?/m1/s1. The lowest BCUT2D eigenvalue weighted by molar-refractivity contribution is 0.0611. The van der Waals surface area contributed by atoms with Crippen LogP contribution in [0.5, 0.6) is 0 Å². The van der Waals surface area contributed by atoms with Gasteiger partial charge in [-0.2, -0.15) is 0 Å². The molecule has 0 aromatic rings. The van der Waals surface area contributed by atoms with Gasteiger partial charge in [-0.15, -0.1) is 0 Å². The summed E-state index contributed by atoms with van der Waals surface area (Å²) < 4.78 is 0. The molecular weight excluding hydrogens is 230 g/mol. The lowest BCUT2D eigenvalue weighted by Gasteiger charge is -2.42. The minimum Gasteiger partial charge on any atom is -0.297 e. The Hall–Kier alpha value is -0.0400. The third-order valence-electron chi connectivity index (χ3n) is 5.97. The Morgan fingerprint density at radius 1 is 0.895 bits per heavy atom. The van der Waals surface area contributed by atoms with E-state index >= 15 is 0 Å². The number of hydrogen-bond donors (Lipinski definition) is 0. The van der Waals surface area contributed by atoms with Crippen LogP contribution >= 0.6 is 0 Å². The summed E-state index contributed by atoms with van der Waals surface area (Å²) in [5, 5.41) is 0. The van der Waals surface area contributed by atoms with Crippen molar-refractivity contribution in [1.82, 2.24) is 4.90 Å². The van der Waals surface area contributed by atoms with Crippen LogP contribution in [0.15, 0.2) is 0 Å². The van der Waals surface area contributed by atoms with Gasteiger partial charge in [0, 0.05) is 18.6 Å². The number of fused-ring (bicyclic) bond motifs is 1. The topological polar surface area (TPSA) is 3.24 Å². The van der Waals surface area contributed by atoms with Gasteiger partial charge in [0.2, 0.25) is 0 Å². The zero-order chi connectivity index (χ0) is 14.0. The maximum atomic E-state index is 2.89. The highest BCUT2D eigenvalue weighted by atomic mass is 15.2. The quantitative estimate of drug-likeness (QED) is 0.590. The van der Waals surface area contributed by atoms with Gasteiger partial charge < -0.3 is 0 Å². The summed E-state index contributed by atoms with van der Waals surface area (Å²) in [4.78, 5) is 2.89. The van der Waals surface area contributed by atoms with Crippen molar-refractivity contribution in [3.05, 3.63) is 0 Å². The van der Waals surface area contributed by atoms with Crippen LogP contribution in [0.2, 0.25) is 0 Å². The summed E-state index contributed by atoms with van der Waals surface area (Å²) >= 11 is 0. The van der Waals surface area contributed by atoms with Crippen LogP contribution in [-0.4, -0.2) is 23.5 Å². The molecule has 2 aliphatic carbocycles. The first-order valence-corrected chi connectivity index (χ1v) is 8.82. The van der Waals surface area contributed by atoms with Crippen molar-refractivity contribution in [3.63, 3.8) is 0 Å². The Balaban J connectivity index is 2.03. The van der Waals surface area contributed by atoms with Gasteiger partial charge in [-0.25, -0.2) is 0 Å². The van der Waals surface area contributed by atoms with Crippen LogP contribution in [0, 0.1) is 17.3 Å². The molecule has 0 amide bonds. The average Bonchev–Trinajstić information content (AvgIpc) is 3.00. The molecule has 2 rings (SSSR count). The Kier molecular flexibility index (Phi) is 4.98. The fraction of sp³-hybridized carbons (Fsp3) is 1.00. The largest absolute Gasteiger partial charge is 0.297 e. The van der Waals surface area contributed by atoms with E-state index in [0.717, 1.165) is 23.9 Å². The van der Waals surface area contributed by atoms with E-state index in [-0.39, 0.29) is 0 Å². The molecule has 0 radical (unpaired) electrons. The lowest BCUT2D eigenvalue weighted by atomic mass is 9.83. The van der Waals surface area contributed by atoms with E-state index in [1.54, 1.807) is 6.42 Å². The van der Waals surface area contributed by atoms with Crippen molar-refractivity contribution in [2.24, 2.45) is 17.3 Å². The van der Waals surface area contributed by atoms with Crippen molar-refractivity contribution >= 4 is 0 Å². The molecule has 2 saturated carbocycles. The van der Waals surface area contributed by atoms with Crippen LogP contribution in [0.25, 0.3) is 0 Å². The van der Waals surface area contributed by atoms with Gasteiger partial charge in [-0.3, -0.25) is 4.90 Å². The SMILES string of the molecule is CCC(CC)N(CC1(C)CC2C[C@@H]2C1)C(CC)CC. The maximum absolute atomic E-state index is 2.89. The molecule has 0 N–H and O–H groups in total. The van der Waals surface area contributed by atoms with Crippen molar-refractivity contribution in [3.8, 4) is 0 Å². The van der Waals surface area contributed by atoms with Crippen LogP contribution in [0.4, 0.5) is 0 Å². The first-order chi connectivity index (χ1) is 9.06.